The van der Waals surface area contributed by atoms with Crippen molar-refractivity contribution in [2.75, 3.05) is 27.6 Å². The van der Waals surface area contributed by atoms with Gasteiger partial charge >= 0.3 is 0 Å². The summed E-state index contributed by atoms with van der Waals surface area (Å²) in [6, 6.07) is 12.2. The monoisotopic (exact) mass is 367 g/mol. The molecule has 5 heteroatoms. The Hall–Kier alpha value is -2.69. The number of hydrogen-bond donors (Lipinski definition) is 0. The van der Waals surface area contributed by atoms with E-state index >= 15 is 0 Å². The molecule has 5 nitrogen and oxygen atoms in total. The zero-order valence-electron chi connectivity index (χ0n) is 15.9. The summed E-state index contributed by atoms with van der Waals surface area (Å²) < 4.78 is 21.7. The van der Waals surface area contributed by atoms with Gasteiger partial charge in [0.05, 0.1) is 14.2 Å². The van der Waals surface area contributed by atoms with E-state index in [9.17, 15) is 0 Å². The highest BCUT2D eigenvalue weighted by molar-refractivity contribution is 5.81. The van der Waals surface area contributed by atoms with Gasteiger partial charge < -0.3 is 18.9 Å². The predicted molar refractivity (Wildman–Crippen MR) is 105 cm³/mol. The second-order valence-electron chi connectivity index (χ2n) is 7.14. The minimum absolute atomic E-state index is 0.0619. The van der Waals surface area contributed by atoms with E-state index in [4.69, 9.17) is 23.9 Å². The molecule has 0 aromatic heterocycles. The van der Waals surface area contributed by atoms with Crippen LogP contribution < -0.4 is 18.9 Å². The number of hydrogen-bond acceptors (Lipinski definition) is 5. The minimum atomic E-state index is 0.0619. The van der Waals surface area contributed by atoms with Gasteiger partial charge in [-0.3, -0.25) is 4.99 Å². The molecule has 2 aromatic carbocycles. The van der Waals surface area contributed by atoms with Crippen LogP contribution in [-0.2, 0) is 5.41 Å². The summed E-state index contributed by atoms with van der Waals surface area (Å²) >= 11 is 0. The van der Waals surface area contributed by atoms with Gasteiger partial charge in [0.2, 0.25) is 6.79 Å². The molecule has 0 spiro atoms. The summed E-state index contributed by atoms with van der Waals surface area (Å²) in [4.78, 5) is 4.80. The van der Waals surface area contributed by atoms with Crippen molar-refractivity contribution >= 4 is 6.21 Å². The van der Waals surface area contributed by atoms with Crippen molar-refractivity contribution < 1.29 is 18.9 Å². The van der Waals surface area contributed by atoms with Crippen LogP contribution in [0.25, 0.3) is 0 Å². The highest BCUT2D eigenvalue weighted by atomic mass is 16.7. The van der Waals surface area contributed by atoms with Gasteiger partial charge in [-0.05, 0) is 54.3 Å². The van der Waals surface area contributed by atoms with Gasteiger partial charge in [-0.25, -0.2) is 0 Å². The van der Waals surface area contributed by atoms with Crippen LogP contribution in [0.2, 0.25) is 0 Å². The van der Waals surface area contributed by atoms with Gasteiger partial charge in [-0.2, -0.15) is 0 Å². The van der Waals surface area contributed by atoms with E-state index in [0.29, 0.717) is 6.79 Å². The molecule has 27 heavy (non-hydrogen) atoms. The Morgan fingerprint density at radius 1 is 0.963 bits per heavy atom. The fourth-order valence-electron chi connectivity index (χ4n) is 4.08. The Balaban J connectivity index is 1.56. The lowest BCUT2D eigenvalue weighted by Crippen LogP contribution is -2.26. The maximum absolute atomic E-state index is 5.51. The van der Waals surface area contributed by atoms with Gasteiger partial charge in [0, 0.05) is 18.2 Å². The highest BCUT2D eigenvalue weighted by Gasteiger charge is 2.36. The molecule has 0 unspecified atom stereocenters. The average Bonchev–Trinajstić information content (AvgIpc) is 3.37. The van der Waals surface area contributed by atoms with E-state index in [1.54, 1.807) is 14.2 Å². The predicted octanol–water partition coefficient (Wildman–Crippen LogP) is 4.36. The summed E-state index contributed by atoms with van der Waals surface area (Å²) in [5, 5.41) is 0. The molecular weight excluding hydrogens is 342 g/mol. The zero-order valence-corrected chi connectivity index (χ0v) is 15.9. The summed E-state index contributed by atoms with van der Waals surface area (Å²) in [7, 11) is 3.35. The van der Waals surface area contributed by atoms with Crippen LogP contribution in [0, 0.1) is 0 Å². The van der Waals surface area contributed by atoms with Crippen molar-refractivity contribution in [1.29, 1.82) is 0 Å². The Kier molecular flexibility index (Phi) is 4.92. The van der Waals surface area contributed by atoms with Crippen molar-refractivity contribution in [3.8, 4) is 23.0 Å². The first kappa shape index (κ1) is 17.7. The quantitative estimate of drug-likeness (QED) is 0.712. The molecule has 4 rings (SSSR count). The highest BCUT2D eigenvalue weighted by Crippen LogP contribution is 2.44. The Morgan fingerprint density at radius 3 is 2.52 bits per heavy atom. The van der Waals surface area contributed by atoms with Crippen molar-refractivity contribution in [3.05, 3.63) is 47.5 Å². The number of benzene rings is 2. The van der Waals surface area contributed by atoms with Crippen molar-refractivity contribution in [2.24, 2.45) is 4.99 Å². The maximum atomic E-state index is 5.51. The van der Waals surface area contributed by atoms with Gasteiger partial charge in [0.1, 0.15) is 0 Å². The molecule has 0 radical (unpaired) electrons. The van der Waals surface area contributed by atoms with Gasteiger partial charge in [-0.1, -0.05) is 18.9 Å². The third-order valence-corrected chi connectivity index (χ3v) is 5.59. The van der Waals surface area contributed by atoms with E-state index in [2.05, 4.69) is 12.1 Å². The van der Waals surface area contributed by atoms with Gasteiger partial charge in [0.15, 0.2) is 23.0 Å². The van der Waals surface area contributed by atoms with E-state index in [-0.39, 0.29) is 5.41 Å². The second-order valence-corrected chi connectivity index (χ2v) is 7.14. The third-order valence-electron chi connectivity index (χ3n) is 5.59. The molecule has 0 atom stereocenters. The van der Waals surface area contributed by atoms with E-state index in [1.165, 1.54) is 18.4 Å². The Bertz CT molecular complexity index is 840. The summed E-state index contributed by atoms with van der Waals surface area (Å²) in [5.74, 6) is 3.12. The Labute approximate surface area is 159 Å². The first-order valence-electron chi connectivity index (χ1n) is 9.36. The van der Waals surface area contributed by atoms with E-state index in [1.807, 2.05) is 30.5 Å². The van der Waals surface area contributed by atoms with Gasteiger partial charge in [-0.15, -0.1) is 0 Å². The fourth-order valence-corrected chi connectivity index (χ4v) is 4.08. The molecule has 142 valence electrons. The number of nitrogens with zero attached hydrogens (tertiary/aromatic N) is 1. The molecular formula is C22H25NO4. The lowest BCUT2D eigenvalue weighted by Gasteiger charge is -2.28. The topological polar surface area (TPSA) is 49.3 Å². The van der Waals surface area contributed by atoms with Crippen LogP contribution in [-0.4, -0.2) is 33.8 Å². The maximum Gasteiger partial charge on any atom is 0.231 e. The fraction of sp³-hybridized carbons (Fsp3) is 0.409. The van der Waals surface area contributed by atoms with Crippen LogP contribution in [0.4, 0.5) is 0 Å². The average molecular weight is 367 g/mol. The largest absolute Gasteiger partial charge is 0.493 e. The smallest absolute Gasteiger partial charge is 0.231 e. The molecule has 1 heterocycles. The molecule has 2 aromatic rings. The van der Waals surface area contributed by atoms with Gasteiger partial charge in [0.25, 0.3) is 0 Å². The Morgan fingerprint density at radius 2 is 1.74 bits per heavy atom. The molecule has 1 aliphatic carbocycles. The normalized spacial score (nSPS) is 17.4. The standard InChI is InChI=1S/C22H25NO4/c1-24-18-8-6-17(12-20(18)25-2)22(9-3-4-10-22)14-23-13-16-5-7-19-21(11-16)27-15-26-19/h5-8,11-13H,3-4,9-10,14-15H2,1-2H3. The van der Waals surface area contributed by atoms with Crippen molar-refractivity contribution in [1.82, 2.24) is 0 Å². The molecule has 0 N–H and O–H groups in total. The van der Waals surface area contributed by atoms with Crippen LogP contribution >= 0.6 is 0 Å². The second kappa shape index (κ2) is 7.51. The first-order valence-corrected chi connectivity index (χ1v) is 9.36. The third kappa shape index (κ3) is 3.46. The molecule has 0 amide bonds. The molecule has 1 aliphatic heterocycles. The number of aliphatic imine (C=N–C) groups is 1. The lowest BCUT2D eigenvalue weighted by molar-refractivity contribution is 0.174. The number of methoxy groups -OCH3 is 2. The molecule has 0 bridgehead atoms. The van der Waals surface area contributed by atoms with E-state index < -0.39 is 0 Å². The van der Waals surface area contributed by atoms with Crippen LogP contribution in [0.3, 0.4) is 0 Å². The SMILES string of the molecule is COc1ccc(C2(CN=Cc3ccc4c(c3)OCO4)CCCC2)cc1OC. The molecule has 0 saturated heterocycles. The summed E-state index contributed by atoms with van der Waals surface area (Å²) in [5.41, 5.74) is 2.37. The van der Waals surface area contributed by atoms with Crippen molar-refractivity contribution in [3.63, 3.8) is 0 Å². The number of ether oxygens (including phenoxy) is 4. The van der Waals surface area contributed by atoms with E-state index in [0.717, 1.165) is 47.9 Å². The number of rotatable bonds is 6. The summed E-state index contributed by atoms with van der Waals surface area (Å²) in [6.45, 7) is 1.05. The zero-order chi connectivity index (χ0) is 18.7. The molecule has 1 fully saturated rings. The number of fused-ring (bicyclic) bond motifs is 1. The minimum Gasteiger partial charge on any atom is -0.493 e. The van der Waals surface area contributed by atoms with Crippen molar-refractivity contribution in [2.45, 2.75) is 31.1 Å². The summed E-state index contributed by atoms with van der Waals surface area (Å²) in [6.07, 6.45) is 6.67. The first-order chi connectivity index (χ1) is 13.2. The molecule has 1 saturated carbocycles. The van der Waals surface area contributed by atoms with Crippen LogP contribution in [0.5, 0.6) is 23.0 Å². The lowest BCUT2D eigenvalue weighted by atomic mass is 9.79. The molecule has 2 aliphatic rings. The van der Waals surface area contributed by atoms with Crippen LogP contribution in [0.15, 0.2) is 41.4 Å². The van der Waals surface area contributed by atoms with Crippen LogP contribution in [0.1, 0.15) is 36.8 Å².